The molecule has 0 bridgehead atoms. The lowest BCUT2D eigenvalue weighted by molar-refractivity contribution is -0.126. The summed E-state index contributed by atoms with van der Waals surface area (Å²) in [5.41, 5.74) is 5.94. The number of rotatable bonds is 0. The van der Waals surface area contributed by atoms with Crippen LogP contribution < -0.4 is 5.73 Å². The predicted octanol–water partition coefficient (Wildman–Crippen LogP) is 2.22. The molecule has 0 saturated heterocycles. The summed E-state index contributed by atoms with van der Waals surface area (Å²) in [6.07, 6.45) is -0.438. The number of carbonyl (C=O) groups excluding carboxylic acids is 1. The van der Waals surface area contributed by atoms with Crippen LogP contribution in [0.25, 0.3) is 0 Å². The molecule has 1 atom stereocenters. The third kappa shape index (κ3) is 2.16. The van der Waals surface area contributed by atoms with E-state index in [4.69, 9.17) is 10.5 Å². The zero-order valence-corrected chi connectivity index (χ0v) is 10.5. The molecule has 0 aliphatic carbocycles. The fourth-order valence-corrected chi connectivity index (χ4v) is 1.80. The molecule has 0 aromatic carbocycles. The molecule has 0 amide bonds. The van der Waals surface area contributed by atoms with E-state index in [1.165, 1.54) is 0 Å². The summed E-state index contributed by atoms with van der Waals surface area (Å²) in [6, 6.07) is 0. The molecular formula is C12H21NO2. The van der Waals surface area contributed by atoms with Crippen molar-refractivity contribution in [2.45, 2.75) is 47.6 Å². The van der Waals surface area contributed by atoms with Gasteiger partial charge in [0.1, 0.15) is 0 Å². The maximum absolute atomic E-state index is 12.1. The monoisotopic (exact) mass is 211 g/mol. The number of ketones is 1. The lowest BCUT2D eigenvalue weighted by atomic mass is 9.78. The predicted molar refractivity (Wildman–Crippen MR) is 60.0 cm³/mol. The summed E-state index contributed by atoms with van der Waals surface area (Å²) < 4.78 is 5.48. The SMILES string of the molecule is CC(C)(C)C1=C(N)OC(C(C)(C)C)C1=O. The van der Waals surface area contributed by atoms with Crippen molar-refractivity contribution in [3.05, 3.63) is 11.5 Å². The van der Waals surface area contributed by atoms with Gasteiger partial charge in [0.25, 0.3) is 0 Å². The van der Waals surface area contributed by atoms with E-state index in [1.54, 1.807) is 0 Å². The molecule has 0 aromatic rings. The first-order valence-corrected chi connectivity index (χ1v) is 5.26. The largest absolute Gasteiger partial charge is 0.467 e. The van der Waals surface area contributed by atoms with Crippen LogP contribution in [0.5, 0.6) is 0 Å². The number of hydrogen-bond donors (Lipinski definition) is 1. The van der Waals surface area contributed by atoms with E-state index in [1.807, 2.05) is 41.5 Å². The van der Waals surface area contributed by atoms with Crippen LogP contribution in [0.15, 0.2) is 11.5 Å². The van der Waals surface area contributed by atoms with Gasteiger partial charge in [-0.25, -0.2) is 0 Å². The zero-order valence-electron chi connectivity index (χ0n) is 10.5. The molecule has 0 fully saturated rings. The van der Waals surface area contributed by atoms with Crippen LogP contribution in [0.2, 0.25) is 0 Å². The first-order chi connectivity index (χ1) is 6.55. The summed E-state index contributed by atoms with van der Waals surface area (Å²) in [7, 11) is 0. The molecule has 1 unspecified atom stereocenters. The van der Waals surface area contributed by atoms with Crippen LogP contribution in [0.1, 0.15) is 41.5 Å². The molecule has 3 heteroatoms. The Morgan fingerprint density at radius 3 is 1.80 bits per heavy atom. The van der Waals surface area contributed by atoms with Gasteiger partial charge in [-0.1, -0.05) is 41.5 Å². The Morgan fingerprint density at radius 2 is 1.60 bits per heavy atom. The highest BCUT2D eigenvalue weighted by Gasteiger charge is 2.45. The van der Waals surface area contributed by atoms with Crippen molar-refractivity contribution >= 4 is 5.78 Å². The minimum absolute atomic E-state index is 0.0347. The van der Waals surface area contributed by atoms with E-state index in [2.05, 4.69) is 0 Å². The fourth-order valence-electron chi connectivity index (χ4n) is 1.80. The molecule has 1 aliphatic rings. The first kappa shape index (κ1) is 12.1. The average Bonchev–Trinajstić information content (AvgIpc) is 2.22. The van der Waals surface area contributed by atoms with Gasteiger partial charge in [0.2, 0.25) is 5.78 Å². The van der Waals surface area contributed by atoms with E-state index < -0.39 is 6.10 Å². The summed E-state index contributed by atoms with van der Waals surface area (Å²) in [5, 5.41) is 0. The van der Waals surface area contributed by atoms with Crippen LogP contribution >= 0.6 is 0 Å². The van der Waals surface area contributed by atoms with E-state index >= 15 is 0 Å². The molecule has 0 aromatic heterocycles. The number of ether oxygens (including phenoxy) is 1. The number of nitrogens with two attached hydrogens (primary N) is 1. The molecule has 0 radical (unpaired) electrons. The van der Waals surface area contributed by atoms with Gasteiger partial charge >= 0.3 is 0 Å². The molecule has 1 heterocycles. The Morgan fingerprint density at radius 1 is 1.13 bits per heavy atom. The van der Waals surface area contributed by atoms with E-state index in [0.717, 1.165) is 0 Å². The first-order valence-electron chi connectivity index (χ1n) is 5.26. The van der Waals surface area contributed by atoms with Gasteiger partial charge < -0.3 is 10.5 Å². The standard InChI is InChI=1S/C12H21NO2/c1-11(2,3)7-8(14)9(12(4,5)6)15-10(7)13/h9H,13H2,1-6H3. The molecule has 1 rings (SSSR count). The minimum atomic E-state index is -0.438. The summed E-state index contributed by atoms with van der Waals surface area (Å²) in [5.74, 6) is 0.333. The molecular weight excluding hydrogens is 190 g/mol. The number of hydrogen-bond acceptors (Lipinski definition) is 3. The molecule has 1 aliphatic heterocycles. The molecule has 0 spiro atoms. The van der Waals surface area contributed by atoms with E-state index in [0.29, 0.717) is 11.5 Å². The second kappa shape index (κ2) is 3.26. The van der Waals surface area contributed by atoms with Crippen molar-refractivity contribution in [3.63, 3.8) is 0 Å². The fraction of sp³-hybridized carbons (Fsp3) is 0.750. The molecule has 86 valence electrons. The Balaban J connectivity index is 3.05. The van der Waals surface area contributed by atoms with Gasteiger partial charge in [0.05, 0.1) is 5.57 Å². The van der Waals surface area contributed by atoms with Crippen molar-refractivity contribution in [3.8, 4) is 0 Å². The minimum Gasteiger partial charge on any atom is -0.467 e. The molecule has 3 nitrogen and oxygen atoms in total. The quantitative estimate of drug-likeness (QED) is 0.668. The second-order valence-corrected chi connectivity index (χ2v) is 6.22. The Bertz CT molecular complexity index is 315. The van der Waals surface area contributed by atoms with E-state index in [9.17, 15) is 4.79 Å². The van der Waals surface area contributed by atoms with Crippen molar-refractivity contribution in [1.29, 1.82) is 0 Å². The zero-order chi connectivity index (χ0) is 12.0. The van der Waals surface area contributed by atoms with Crippen molar-refractivity contribution < 1.29 is 9.53 Å². The van der Waals surface area contributed by atoms with Gasteiger partial charge in [-0.05, 0) is 5.41 Å². The highest BCUT2D eigenvalue weighted by molar-refractivity contribution is 6.02. The smallest absolute Gasteiger partial charge is 0.205 e. The van der Waals surface area contributed by atoms with Crippen molar-refractivity contribution in [2.75, 3.05) is 0 Å². The highest BCUT2D eigenvalue weighted by atomic mass is 16.5. The summed E-state index contributed by atoms with van der Waals surface area (Å²) in [4.78, 5) is 12.1. The number of Topliss-reactive ketones (excluding diaryl/α,β-unsaturated/α-hetero) is 1. The van der Waals surface area contributed by atoms with Gasteiger partial charge in [0, 0.05) is 5.41 Å². The van der Waals surface area contributed by atoms with Gasteiger partial charge in [-0.2, -0.15) is 0 Å². The highest BCUT2D eigenvalue weighted by Crippen LogP contribution is 2.39. The van der Waals surface area contributed by atoms with Gasteiger partial charge in [0.15, 0.2) is 12.0 Å². The van der Waals surface area contributed by atoms with Crippen LogP contribution in [-0.4, -0.2) is 11.9 Å². The molecule has 2 N–H and O–H groups in total. The Labute approximate surface area is 91.7 Å². The maximum atomic E-state index is 12.1. The maximum Gasteiger partial charge on any atom is 0.205 e. The van der Waals surface area contributed by atoms with Gasteiger partial charge in [-0.3, -0.25) is 4.79 Å². The summed E-state index contributed by atoms with van der Waals surface area (Å²) >= 11 is 0. The van der Waals surface area contributed by atoms with Crippen LogP contribution in [0.4, 0.5) is 0 Å². The lowest BCUT2D eigenvalue weighted by Crippen LogP contribution is -2.34. The molecule has 0 saturated carbocycles. The Hall–Kier alpha value is -0.990. The van der Waals surface area contributed by atoms with Crippen LogP contribution in [-0.2, 0) is 9.53 Å². The summed E-state index contributed by atoms with van der Waals surface area (Å²) in [6.45, 7) is 11.9. The van der Waals surface area contributed by atoms with Crippen molar-refractivity contribution in [1.82, 2.24) is 0 Å². The van der Waals surface area contributed by atoms with Crippen LogP contribution in [0, 0.1) is 10.8 Å². The third-order valence-electron chi connectivity index (χ3n) is 2.51. The number of carbonyl (C=O) groups is 1. The average molecular weight is 211 g/mol. The molecule has 15 heavy (non-hydrogen) atoms. The topological polar surface area (TPSA) is 52.3 Å². The third-order valence-corrected chi connectivity index (χ3v) is 2.51. The normalized spacial score (nSPS) is 23.3. The Kier molecular flexibility index (Phi) is 2.62. The second-order valence-electron chi connectivity index (χ2n) is 6.22. The van der Waals surface area contributed by atoms with Crippen LogP contribution in [0.3, 0.4) is 0 Å². The van der Waals surface area contributed by atoms with Gasteiger partial charge in [-0.15, -0.1) is 0 Å². The van der Waals surface area contributed by atoms with Crippen molar-refractivity contribution in [2.24, 2.45) is 16.6 Å². The van der Waals surface area contributed by atoms with E-state index in [-0.39, 0.29) is 16.6 Å². The lowest BCUT2D eigenvalue weighted by Gasteiger charge is -2.25.